The Morgan fingerprint density at radius 3 is 2.67 bits per heavy atom. The van der Waals surface area contributed by atoms with Gasteiger partial charge < -0.3 is 20.1 Å². The molecule has 24 heavy (non-hydrogen) atoms. The van der Waals surface area contributed by atoms with E-state index in [1.807, 2.05) is 0 Å². The Labute approximate surface area is 149 Å². The van der Waals surface area contributed by atoms with Crippen molar-refractivity contribution in [2.45, 2.75) is 11.3 Å². The number of ether oxygens (including phenoxy) is 2. The molecule has 0 heterocycles. The molecular weight excluding hydrogens is 350 g/mol. The molecule has 0 aliphatic rings. The number of anilines is 1. The Bertz CT molecular complexity index is 621. The van der Waals surface area contributed by atoms with E-state index in [9.17, 15) is 8.42 Å². The molecule has 136 valence electrons. The van der Waals surface area contributed by atoms with E-state index in [0.29, 0.717) is 37.2 Å². The fourth-order valence-corrected chi connectivity index (χ4v) is 2.91. The van der Waals surface area contributed by atoms with Gasteiger partial charge in [0.05, 0.1) is 18.1 Å². The molecule has 0 spiro atoms. The first-order valence-corrected chi connectivity index (χ1v) is 9.37. The summed E-state index contributed by atoms with van der Waals surface area (Å²) in [6.07, 6.45) is 0.806. The first kappa shape index (κ1) is 20.8. The molecule has 2 N–H and O–H groups in total. The Morgan fingerprint density at radius 1 is 1.25 bits per heavy atom. The van der Waals surface area contributed by atoms with Crippen LogP contribution in [-0.4, -0.2) is 65.4 Å². The maximum atomic E-state index is 12.1. The third-order valence-corrected chi connectivity index (χ3v) is 5.11. The largest absolute Gasteiger partial charge is 0.382 e. The van der Waals surface area contributed by atoms with Gasteiger partial charge in [-0.2, -0.15) is 0 Å². The van der Waals surface area contributed by atoms with E-state index in [0.717, 1.165) is 6.42 Å². The molecule has 0 unspecified atom stereocenters. The molecular formula is C15H25N3O4S2. The van der Waals surface area contributed by atoms with Crippen molar-refractivity contribution in [2.75, 3.05) is 52.9 Å². The van der Waals surface area contributed by atoms with Crippen LogP contribution in [-0.2, 0) is 19.5 Å². The molecule has 0 saturated heterocycles. The molecule has 0 atom stereocenters. The van der Waals surface area contributed by atoms with Crippen molar-refractivity contribution in [1.29, 1.82) is 0 Å². The Kier molecular flexibility index (Phi) is 9.16. The molecule has 1 aromatic rings. The molecule has 0 radical (unpaired) electrons. The second-order valence-electron chi connectivity index (χ2n) is 5.15. The summed E-state index contributed by atoms with van der Waals surface area (Å²) >= 11 is 5.20. The van der Waals surface area contributed by atoms with E-state index in [1.54, 1.807) is 31.4 Å². The Morgan fingerprint density at radius 2 is 2.00 bits per heavy atom. The monoisotopic (exact) mass is 375 g/mol. The molecule has 1 aromatic carbocycles. The lowest BCUT2D eigenvalue weighted by Crippen LogP contribution is -2.30. The van der Waals surface area contributed by atoms with E-state index in [-0.39, 0.29) is 4.90 Å². The standard InChI is InChI=1S/C15H25N3O4S2/c1-18(2)24(19,20)14-7-4-6-13(12-14)17-15(23)16-8-5-9-22-11-10-21-3/h4,6-7,12H,5,8-11H2,1-3H3,(H2,16,17,23). The predicted molar refractivity (Wildman–Crippen MR) is 98.9 cm³/mol. The zero-order chi connectivity index (χ0) is 18.0. The van der Waals surface area contributed by atoms with Gasteiger partial charge in [0.2, 0.25) is 10.0 Å². The van der Waals surface area contributed by atoms with Crippen LogP contribution in [0.5, 0.6) is 0 Å². The van der Waals surface area contributed by atoms with Gasteiger partial charge in [0, 0.05) is 40.0 Å². The minimum atomic E-state index is -3.46. The van der Waals surface area contributed by atoms with Crippen molar-refractivity contribution >= 4 is 33.0 Å². The molecule has 0 aliphatic heterocycles. The van der Waals surface area contributed by atoms with Gasteiger partial charge in [-0.15, -0.1) is 0 Å². The lowest BCUT2D eigenvalue weighted by atomic mass is 10.3. The SMILES string of the molecule is COCCOCCCNC(=S)Nc1cccc(S(=O)(=O)N(C)C)c1. The van der Waals surface area contributed by atoms with Crippen molar-refractivity contribution < 1.29 is 17.9 Å². The molecule has 0 bridgehead atoms. The van der Waals surface area contributed by atoms with E-state index in [1.165, 1.54) is 18.4 Å². The molecule has 9 heteroatoms. The van der Waals surface area contributed by atoms with Gasteiger partial charge in [-0.1, -0.05) is 6.07 Å². The van der Waals surface area contributed by atoms with Gasteiger partial charge in [-0.25, -0.2) is 12.7 Å². The van der Waals surface area contributed by atoms with Crippen LogP contribution in [0.15, 0.2) is 29.2 Å². The number of nitrogens with one attached hydrogen (secondary N) is 2. The number of thiocarbonyl (C=S) groups is 1. The third-order valence-electron chi connectivity index (χ3n) is 3.05. The summed E-state index contributed by atoms with van der Waals surface area (Å²) in [5, 5.41) is 6.47. The average molecular weight is 376 g/mol. The van der Waals surface area contributed by atoms with Crippen LogP contribution >= 0.6 is 12.2 Å². The van der Waals surface area contributed by atoms with Gasteiger partial charge in [0.15, 0.2) is 5.11 Å². The molecule has 0 saturated carbocycles. The molecule has 7 nitrogen and oxygen atoms in total. The summed E-state index contributed by atoms with van der Waals surface area (Å²) in [5.74, 6) is 0. The number of rotatable bonds is 10. The van der Waals surface area contributed by atoms with Crippen LogP contribution in [0.4, 0.5) is 5.69 Å². The van der Waals surface area contributed by atoms with Crippen molar-refractivity contribution in [3.8, 4) is 0 Å². The van der Waals surface area contributed by atoms with Crippen LogP contribution in [0, 0.1) is 0 Å². The topological polar surface area (TPSA) is 79.9 Å². The van der Waals surface area contributed by atoms with Crippen molar-refractivity contribution in [2.24, 2.45) is 0 Å². The number of hydrogen-bond acceptors (Lipinski definition) is 5. The van der Waals surface area contributed by atoms with E-state index in [4.69, 9.17) is 21.7 Å². The summed E-state index contributed by atoms with van der Waals surface area (Å²) in [4.78, 5) is 0.215. The summed E-state index contributed by atoms with van der Waals surface area (Å²) < 4.78 is 35.6. The third kappa shape index (κ3) is 7.10. The molecule has 0 aromatic heterocycles. The lowest BCUT2D eigenvalue weighted by Gasteiger charge is -2.14. The quantitative estimate of drug-likeness (QED) is 0.471. The fraction of sp³-hybridized carbons (Fsp3) is 0.533. The highest BCUT2D eigenvalue weighted by Gasteiger charge is 2.17. The Balaban J connectivity index is 2.42. The predicted octanol–water partition coefficient (Wildman–Crippen LogP) is 1.28. The van der Waals surface area contributed by atoms with Crippen LogP contribution in [0.3, 0.4) is 0 Å². The second kappa shape index (κ2) is 10.6. The van der Waals surface area contributed by atoms with Crippen LogP contribution in [0.2, 0.25) is 0 Å². The molecule has 1 rings (SSSR count). The number of methoxy groups -OCH3 is 1. The molecule has 0 aliphatic carbocycles. The average Bonchev–Trinajstić information content (AvgIpc) is 2.54. The number of hydrogen-bond donors (Lipinski definition) is 2. The van der Waals surface area contributed by atoms with Crippen LogP contribution in [0.1, 0.15) is 6.42 Å². The van der Waals surface area contributed by atoms with Crippen molar-refractivity contribution in [3.05, 3.63) is 24.3 Å². The summed E-state index contributed by atoms with van der Waals surface area (Å²) in [5.41, 5.74) is 0.617. The Hall–Kier alpha value is -1.26. The number of benzene rings is 1. The van der Waals surface area contributed by atoms with Crippen molar-refractivity contribution in [1.82, 2.24) is 9.62 Å². The van der Waals surface area contributed by atoms with E-state index < -0.39 is 10.0 Å². The number of nitrogens with zero attached hydrogens (tertiary/aromatic N) is 1. The van der Waals surface area contributed by atoms with Gasteiger partial charge in [0.25, 0.3) is 0 Å². The number of sulfonamides is 1. The van der Waals surface area contributed by atoms with Gasteiger partial charge in [0.1, 0.15) is 0 Å². The normalized spacial score (nSPS) is 11.5. The van der Waals surface area contributed by atoms with Gasteiger partial charge >= 0.3 is 0 Å². The van der Waals surface area contributed by atoms with E-state index in [2.05, 4.69) is 10.6 Å². The highest BCUT2D eigenvalue weighted by molar-refractivity contribution is 7.89. The van der Waals surface area contributed by atoms with Crippen LogP contribution in [0.25, 0.3) is 0 Å². The minimum absolute atomic E-state index is 0.215. The zero-order valence-electron chi connectivity index (χ0n) is 14.2. The first-order chi connectivity index (χ1) is 11.4. The summed E-state index contributed by atoms with van der Waals surface area (Å²) in [6.45, 7) is 2.44. The summed E-state index contributed by atoms with van der Waals surface area (Å²) in [6, 6.07) is 6.53. The second-order valence-corrected chi connectivity index (χ2v) is 7.71. The van der Waals surface area contributed by atoms with Gasteiger partial charge in [-0.05, 0) is 36.8 Å². The first-order valence-electron chi connectivity index (χ1n) is 7.52. The highest BCUT2D eigenvalue weighted by Crippen LogP contribution is 2.17. The van der Waals surface area contributed by atoms with E-state index >= 15 is 0 Å². The minimum Gasteiger partial charge on any atom is -0.382 e. The van der Waals surface area contributed by atoms with Crippen molar-refractivity contribution in [3.63, 3.8) is 0 Å². The maximum absolute atomic E-state index is 12.1. The molecule has 0 fully saturated rings. The maximum Gasteiger partial charge on any atom is 0.242 e. The van der Waals surface area contributed by atoms with Crippen LogP contribution < -0.4 is 10.6 Å². The highest BCUT2D eigenvalue weighted by atomic mass is 32.2. The smallest absolute Gasteiger partial charge is 0.242 e. The zero-order valence-corrected chi connectivity index (χ0v) is 15.9. The molecule has 0 amide bonds. The lowest BCUT2D eigenvalue weighted by molar-refractivity contribution is 0.0699. The summed E-state index contributed by atoms with van der Waals surface area (Å²) in [7, 11) is 1.16. The van der Waals surface area contributed by atoms with Gasteiger partial charge in [-0.3, -0.25) is 0 Å². The fourth-order valence-electron chi connectivity index (χ4n) is 1.74.